The van der Waals surface area contributed by atoms with Gasteiger partial charge in [-0.05, 0) is 17.7 Å². The van der Waals surface area contributed by atoms with Gasteiger partial charge in [-0.1, -0.05) is 56.3 Å². The van der Waals surface area contributed by atoms with Crippen LogP contribution in [0.2, 0.25) is 0 Å². The van der Waals surface area contributed by atoms with Gasteiger partial charge in [-0.15, -0.1) is 11.3 Å². The Balaban J connectivity index is 1.72. The molecule has 0 bridgehead atoms. The van der Waals surface area contributed by atoms with Crippen molar-refractivity contribution in [3.8, 4) is 11.3 Å². The third-order valence-corrected chi connectivity index (χ3v) is 7.15. The minimum absolute atomic E-state index is 0.313. The van der Waals surface area contributed by atoms with Crippen LogP contribution in [0.1, 0.15) is 19.4 Å². The van der Waals surface area contributed by atoms with Crippen molar-refractivity contribution >= 4 is 26.5 Å². The maximum Gasteiger partial charge on any atom is 0.243 e. The lowest BCUT2D eigenvalue weighted by atomic mass is 10.2. The number of hydrogen-bond donors (Lipinski definition) is 1. The van der Waals surface area contributed by atoms with Crippen molar-refractivity contribution in [2.24, 2.45) is 0 Å². The highest BCUT2D eigenvalue weighted by Crippen LogP contribution is 2.27. The van der Waals surface area contributed by atoms with E-state index >= 15 is 0 Å². The van der Waals surface area contributed by atoms with E-state index in [1.165, 1.54) is 21.2 Å². The molecule has 27 heavy (non-hydrogen) atoms. The molecule has 0 amide bonds. The summed E-state index contributed by atoms with van der Waals surface area (Å²) in [5.41, 5.74) is 2.93. The molecule has 3 rings (SSSR count). The molecule has 1 aromatic heterocycles. The smallest absolute Gasteiger partial charge is 0.243 e. The number of sulfonamides is 1. The van der Waals surface area contributed by atoms with Crippen molar-refractivity contribution in [2.45, 2.75) is 25.3 Å². The van der Waals surface area contributed by atoms with E-state index in [4.69, 9.17) is 0 Å². The molecule has 1 N–H and O–H groups in total. The zero-order valence-corrected chi connectivity index (χ0v) is 17.1. The highest BCUT2D eigenvalue weighted by atomic mass is 32.2. The zero-order chi connectivity index (χ0) is 19.3. The summed E-state index contributed by atoms with van der Waals surface area (Å²) in [6.45, 7) is 5.32. The van der Waals surface area contributed by atoms with Crippen molar-refractivity contribution in [3.05, 3.63) is 65.5 Å². The number of nitrogens with one attached hydrogen (secondary N) is 1. The molecule has 5 nitrogen and oxygen atoms in total. The van der Waals surface area contributed by atoms with Gasteiger partial charge in [0.2, 0.25) is 10.0 Å². The molecule has 0 fully saturated rings. The van der Waals surface area contributed by atoms with Crippen LogP contribution >= 0.6 is 11.3 Å². The fraction of sp³-hybridized carbons (Fsp3) is 0.250. The summed E-state index contributed by atoms with van der Waals surface area (Å²) >= 11 is 1.54. The molecule has 0 aliphatic carbocycles. The van der Waals surface area contributed by atoms with E-state index in [-0.39, 0.29) is 0 Å². The molecule has 0 saturated carbocycles. The van der Waals surface area contributed by atoms with Gasteiger partial charge in [0.05, 0.1) is 10.6 Å². The first-order chi connectivity index (χ1) is 13.0. The van der Waals surface area contributed by atoms with Crippen molar-refractivity contribution in [2.75, 3.05) is 18.4 Å². The van der Waals surface area contributed by atoms with Crippen LogP contribution in [0.4, 0.5) is 5.13 Å². The molecule has 7 heteroatoms. The van der Waals surface area contributed by atoms with Crippen LogP contribution in [0.15, 0.2) is 64.9 Å². The van der Waals surface area contributed by atoms with Crippen molar-refractivity contribution in [1.29, 1.82) is 0 Å². The Hall–Kier alpha value is -2.22. The Labute approximate surface area is 164 Å². The molecule has 0 unspecified atom stereocenters. The van der Waals surface area contributed by atoms with Crippen LogP contribution in [0.3, 0.4) is 0 Å². The van der Waals surface area contributed by atoms with E-state index in [0.29, 0.717) is 18.0 Å². The summed E-state index contributed by atoms with van der Waals surface area (Å²) in [6.07, 6.45) is 0. The maximum absolute atomic E-state index is 12.6. The summed E-state index contributed by atoms with van der Waals surface area (Å²) in [6, 6.07) is 17.1. The van der Waals surface area contributed by atoms with Crippen LogP contribution in [-0.2, 0) is 16.6 Å². The minimum atomic E-state index is -3.43. The molecule has 0 aliphatic rings. The third kappa shape index (κ3) is 4.55. The van der Waals surface area contributed by atoms with E-state index in [1.54, 1.807) is 12.1 Å². The quantitative estimate of drug-likeness (QED) is 0.606. The molecule has 0 saturated heterocycles. The first kappa shape index (κ1) is 19.5. The standard InChI is InChI=1S/C20H23N3O2S2/c1-3-23(4-2)27(24,25)18-12-10-17(11-13-18)19-15-26-20(22-19)21-14-16-8-6-5-7-9-16/h5-13,15H,3-4,14H2,1-2H3,(H,21,22). The Morgan fingerprint density at radius 3 is 2.30 bits per heavy atom. The summed E-state index contributed by atoms with van der Waals surface area (Å²) in [5.74, 6) is 0. The molecular weight excluding hydrogens is 378 g/mol. The van der Waals surface area contributed by atoms with Gasteiger partial charge in [0, 0.05) is 30.6 Å². The monoisotopic (exact) mass is 401 g/mol. The van der Waals surface area contributed by atoms with Gasteiger partial charge in [0.1, 0.15) is 0 Å². The molecule has 142 valence electrons. The van der Waals surface area contributed by atoms with Crippen LogP contribution in [0, 0.1) is 0 Å². The van der Waals surface area contributed by atoms with Gasteiger partial charge in [-0.3, -0.25) is 0 Å². The second-order valence-corrected chi connectivity index (χ2v) is 8.79. The normalized spacial score (nSPS) is 11.7. The first-order valence-corrected chi connectivity index (χ1v) is 11.2. The van der Waals surface area contributed by atoms with Crippen LogP contribution in [-0.4, -0.2) is 30.8 Å². The second kappa shape index (κ2) is 8.65. The van der Waals surface area contributed by atoms with E-state index in [2.05, 4.69) is 22.4 Å². The van der Waals surface area contributed by atoms with Crippen LogP contribution < -0.4 is 5.32 Å². The van der Waals surface area contributed by atoms with E-state index < -0.39 is 10.0 Å². The average Bonchev–Trinajstić information content (AvgIpc) is 3.17. The van der Waals surface area contributed by atoms with E-state index in [0.717, 1.165) is 22.9 Å². The number of benzene rings is 2. The largest absolute Gasteiger partial charge is 0.357 e. The minimum Gasteiger partial charge on any atom is -0.357 e. The van der Waals surface area contributed by atoms with E-state index in [1.807, 2.05) is 49.6 Å². The van der Waals surface area contributed by atoms with Gasteiger partial charge >= 0.3 is 0 Å². The predicted molar refractivity (Wildman–Crippen MR) is 111 cm³/mol. The van der Waals surface area contributed by atoms with Crippen LogP contribution in [0.25, 0.3) is 11.3 Å². The van der Waals surface area contributed by atoms with Gasteiger partial charge in [-0.25, -0.2) is 13.4 Å². The molecule has 0 atom stereocenters. The Morgan fingerprint density at radius 2 is 1.67 bits per heavy atom. The van der Waals surface area contributed by atoms with Crippen LogP contribution in [0.5, 0.6) is 0 Å². The van der Waals surface area contributed by atoms with Crippen molar-refractivity contribution in [1.82, 2.24) is 9.29 Å². The topological polar surface area (TPSA) is 62.3 Å². The van der Waals surface area contributed by atoms with Gasteiger partial charge < -0.3 is 5.32 Å². The number of rotatable bonds is 8. The zero-order valence-electron chi connectivity index (χ0n) is 15.4. The molecular formula is C20H23N3O2S2. The summed E-state index contributed by atoms with van der Waals surface area (Å²) < 4.78 is 26.6. The molecule has 0 radical (unpaired) electrons. The Morgan fingerprint density at radius 1 is 1.00 bits per heavy atom. The number of nitrogens with zero attached hydrogens (tertiary/aromatic N) is 2. The molecule has 1 heterocycles. The average molecular weight is 402 g/mol. The lowest BCUT2D eigenvalue weighted by Crippen LogP contribution is -2.30. The van der Waals surface area contributed by atoms with E-state index in [9.17, 15) is 8.42 Å². The van der Waals surface area contributed by atoms with Crippen molar-refractivity contribution in [3.63, 3.8) is 0 Å². The van der Waals surface area contributed by atoms with Crippen molar-refractivity contribution < 1.29 is 8.42 Å². The Bertz CT molecular complexity index is 964. The lowest BCUT2D eigenvalue weighted by molar-refractivity contribution is 0.445. The first-order valence-electron chi connectivity index (χ1n) is 8.88. The fourth-order valence-electron chi connectivity index (χ4n) is 2.77. The maximum atomic E-state index is 12.6. The van der Waals surface area contributed by atoms with Gasteiger partial charge in [0.25, 0.3) is 0 Å². The number of thiazole rings is 1. The SMILES string of the molecule is CCN(CC)S(=O)(=O)c1ccc(-c2csc(NCc3ccccc3)n2)cc1. The summed E-state index contributed by atoms with van der Waals surface area (Å²) in [7, 11) is -3.43. The number of anilines is 1. The predicted octanol–water partition coefficient (Wildman–Crippen LogP) is 4.45. The fourth-order valence-corrected chi connectivity index (χ4v) is 4.95. The molecule has 0 aliphatic heterocycles. The van der Waals surface area contributed by atoms with Gasteiger partial charge in [0.15, 0.2) is 5.13 Å². The third-order valence-electron chi connectivity index (χ3n) is 4.28. The highest BCUT2D eigenvalue weighted by Gasteiger charge is 2.21. The number of hydrogen-bond acceptors (Lipinski definition) is 5. The molecule has 0 spiro atoms. The summed E-state index contributed by atoms with van der Waals surface area (Å²) in [4.78, 5) is 4.92. The Kier molecular flexibility index (Phi) is 6.26. The lowest BCUT2D eigenvalue weighted by Gasteiger charge is -2.18. The molecule has 3 aromatic rings. The second-order valence-electron chi connectivity index (χ2n) is 5.99. The number of aromatic nitrogens is 1. The van der Waals surface area contributed by atoms with Gasteiger partial charge in [-0.2, -0.15) is 4.31 Å². The summed E-state index contributed by atoms with van der Waals surface area (Å²) in [5, 5.41) is 6.14. The molecule has 2 aromatic carbocycles. The highest BCUT2D eigenvalue weighted by molar-refractivity contribution is 7.89.